The number of thiophene rings is 1. The molecule has 1 aliphatic rings. The Morgan fingerprint density at radius 3 is 2.68 bits per heavy atom. The van der Waals surface area contributed by atoms with Crippen LogP contribution in [0.15, 0.2) is 12.1 Å². The molecule has 1 fully saturated rings. The minimum Gasteiger partial charge on any atom is -0.352 e. The molecule has 106 valence electrons. The fourth-order valence-electron chi connectivity index (χ4n) is 2.72. The first-order valence-corrected chi connectivity index (χ1v) is 7.96. The molecular weight excluding hydrogens is 256 g/mol. The molecule has 0 aliphatic heterocycles. The highest BCUT2D eigenvalue weighted by Gasteiger charge is 2.35. The van der Waals surface area contributed by atoms with Crippen molar-refractivity contribution in [3.8, 4) is 0 Å². The lowest BCUT2D eigenvalue weighted by molar-refractivity contribution is -0.128. The summed E-state index contributed by atoms with van der Waals surface area (Å²) in [5.41, 5.74) is 5.61. The van der Waals surface area contributed by atoms with Gasteiger partial charge in [0.1, 0.15) is 0 Å². The number of rotatable bonds is 4. The second-order valence-electron chi connectivity index (χ2n) is 5.81. The molecule has 1 unspecified atom stereocenters. The molecule has 0 spiro atoms. The van der Waals surface area contributed by atoms with Crippen LogP contribution in [0.2, 0.25) is 0 Å². The fraction of sp³-hybridized carbons (Fsp3) is 0.667. The molecule has 0 aromatic carbocycles. The Morgan fingerprint density at radius 2 is 2.11 bits per heavy atom. The zero-order chi connectivity index (χ0) is 13.9. The Labute approximate surface area is 119 Å². The Hall–Kier alpha value is -0.870. The van der Waals surface area contributed by atoms with Gasteiger partial charge in [0.2, 0.25) is 5.91 Å². The molecule has 1 saturated carbocycles. The number of nitrogens with two attached hydrogens (primary N) is 1. The van der Waals surface area contributed by atoms with Gasteiger partial charge in [-0.15, -0.1) is 11.3 Å². The van der Waals surface area contributed by atoms with Crippen molar-refractivity contribution in [3.05, 3.63) is 21.9 Å². The van der Waals surface area contributed by atoms with E-state index in [1.807, 2.05) is 0 Å². The first kappa shape index (κ1) is 14.5. The summed E-state index contributed by atoms with van der Waals surface area (Å²) < 4.78 is 0. The van der Waals surface area contributed by atoms with E-state index in [1.165, 1.54) is 16.2 Å². The molecule has 4 heteroatoms. The van der Waals surface area contributed by atoms with Crippen LogP contribution in [0.4, 0.5) is 0 Å². The van der Waals surface area contributed by atoms with Crippen molar-refractivity contribution < 1.29 is 4.79 Å². The van der Waals surface area contributed by atoms with Crippen LogP contribution in [0.5, 0.6) is 0 Å². The van der Waals surface area contributed by atoms with Crippen molar-refractivity contribution >= 4 is 17.2 Å². The number of carbonyl (C=O) groups excluding carboxylic acids is 1. The van der Waals surface area contributed by atoms with Crippen molar-refractivity contribution in [2.45, 2.75) is 64.0 Å². The average molecular weight is 280 g/mol. The van der Waals surface area contributed by atoms with Crippen LogP contribution in [0, 0.1) is 6.92 Å². The van der Waals surface area contributed by atoms with Crippen molar-refractivity contribution in [1.82, 2.24) is 5.32 Å². The number of carbonyl (C=O) groups is 1. The lowest BCUT2D eigenvalue weighted by Gasteiger charge is -2.33. The van der Waals surface area contributed by atoms with Crippen LogP contribution in [-0.2, 0) is 11.2 Å². The number of amides is 1. The molecule has 1 heterocycles. The van der Waals surface area contributed by atoms with Gasteiger partial charge in [-0.3, -0.25) is 4.79 Å². The molecule has 1 aliphatic carbocycles. The zero-order valence-electron chi connectivity index (χ0n) is 11.9. The average Bonchev–Trinajstić information content (AvgIpc) is 2.75. The molecule has 0 bridgehead atoms. The normalized spacial score (nSPS) is 19.9. The van der Waals surface area contributed by atoms with Crippen LogP contribution >= 0.6 is 11.3 Å². The van der Waals surface area contributed by atoms with E-state index in [2.05, 4.69) is 31.3 Å². The van der Waals surface area contributed by atoms with E-state index in [1.54, 1.807) is 11.3 Å². The van der Waals surface area contributed by atoms with E-state index in [4.69, 9.17) is 5.73 Å². The first-order chi connectivity index (χ1) is 8.99. The van der Waals surface area contributed by atoms with Gasteiger partial charge in [-0.05, 0) is 38.8 Å². The smallest absolute Gasteiger partial charge is 0.240 e. The second kappa shape index (κ2) is 6.06. The summed E-state index contributed by atoms with van der Waals surface area (Å²) in [6, 6.07) is 4.41. The SMILES string of the molecule is Cc1ccc(CC(C)NC(=O)C2(N)CCCCC2)s1. The maximum absolute atomic E-state index is 12.3. The summed E-state index contributed by atoms with van der Waals surface area (Å²) in [6.45, 7) is 4.16. The van der Waals surface area contributed by atoms with Crippen LogP contribution in [0.25, 0.3) is 0 Å². The molecule has 1 aromatic heterocycles. The quantitative estimate of drug-likeness (QED) is 0.891. The van der Waals surface area contributed by atoms with Crippen LogP contribution in [-0.4, -0.2) is 17.5 Å². The largest absolute Gasteiger partial charge is 0.352 e. The molecule has 1 amide bonds. The van der Waals surface area contributed by atoms with E-state index in [0.29, 0.717) is 0 Å². The monoisotopic (exact) mass is 280 g/mol. The highest BCUT2D eigenvalue weighted by molar-refractivity contribution is 7.11. The standard InChI is InChI=1S/C15H24N2OS/c1-11(10-13-7-6-12(2)19-13)17-14(18)15(16)8-4-3-5-9-15/h6-7,11H,3-5,8-10,16H2,1-2H3,(H,17,18). The summed E-state index contributed by atoms with van der Waals surface area (Å²) in [5, 5.41) is 3.09. The van der Waals surface area contributed by atoms with Crippen molar-refractivity contribution in [1.29, 1.82) is 0 Å². The summed E-state index contributed by atoms with van der Waals surface area (Å²) in [6.07, 6.45) is 5.88. The molecule has 2 rings (SSSR count). The van der Waals surface area contributed by atoms with Gasteiger partial charge in [0, 0.05) is 22.2 Å². The highest BCUT2D eigenvalue weighted by atomic mass is 32.1. The summed E-state index contributed by atoms with van der Waals surface area (Å²) in [7, 11) is 0. The molecule has 0 radical (unpaired) electrons. The van der Waals surface area contributed by atoms with E-state index in [9.17, 15) is 4.79 Å². The number of hydrogen-bond donors (Lipinski definition) is 2. The Morgan fingerprint density at radius 1 is 1.42 bits per heavy atom. The van der Waals surface area contributed by atoms with Crippen LogP contribution in [0.3, 0.4) is 0 Å². The van der Waals surface area contributed by atoms with Gasteiger partial charge in [-0.1, -0.05) is 19.3 Å². The summed E-state index contributed by atoms with van der Waals surface area (Å²) in [5.74, 6) is 0.0352. The predicted octanol–water partition coefficient (Wildman–Crippen LogP) is 2.77. The molecular formula is C15H24N2OS. The molecule has 19 heavy (non-hydrogen) atoms. The topological polar surface area (TPSA) is 55.1 Å². The van der Waals surface area contributed by atoms with Gasteiger partial charge in [-0.2, -0.15) is 0 Å². The third-order valence-electron chi connectivity index (χ3n) is 3.88. The fourth-order valence-corrected chi connectivity index (χ4v) is 3.74. The third-order valence-corrected chi connectivity index (χ3v) is 4.90. The highest BCUT2D eigenvalue weighted by Crippen LogP contribution is 2.26. The van der Waals surface area contributed by atoms with Crippen LogP contribution < -0.4 is 11.1 Å². The molecule has 0 saturated heterocycles. The van der Waals surface area contributed by atoms with Gasteiger partial charge in [0.05, 0.1) is 5.54 Å². The van der Waals surface area contributed by atoms with Gasteiger partial charge >= 0.3 is 0 Å². The summed E-state index contributed by atoms with van der Waals surface area (Å²) >= 11 is 1.80. The first-order valence-electron chi connectivity index (χ1n) is 7.15. The minimum absolute atomic E-state index is 0.0352. The second-order valence-corrected chi connectivity index (χ2v) is 7.18. The Kier molecular flexibility index (Phi) is 4.63. The minimum atomic E-state index is -0.627. The maximum Gasteiger partial charge on any atom is 0.240 e. The van der Waals surface area contributed by atoms with Crippen LogP contribution in [0.1, 0.15) is 48.8 Å². The number of hydrogen-bond acceptors (Lipinski definition) is 3. The number of nitrogens with one attached hydrogen (secondary N) is 1. The lowest BCUT2D eigenvalue weighted by Crippen LogP contribution is -2.56. The van der Waals surface area contributed by atoms with Gasteiger partial charge < -0.3 is 11.1 Å². The Bertz CT molecular complexity index is 435. The maximum atomic E-state index is 12.3. The molecule has 1 atom stereocenters. The molecule has 3 N–H and O–H groups in total. The Balaban J connectivity index is 1.87. The van der Waals surface area contributed by atoms with Gasteiger partial charge in [-0.25, -0.2) is 0 Å². The van der Waals surface area contributed by atoms with Crippen molar-refractivity contribution in [3.63, 3.8) is 0 Å². The lowest BCUT2D eigenvalue weighted by atomic mass is 9.81. The van der Waals surface area contributed by atoms with E-state index < -0.39 is 5.54 Å². The van der Waals surface area contributed by atoms with E-state index in [0.717, 1.165) is 32.1 Å². The van der Waals surface area contributed by atoms with Crippen molar-refractivity contribution in [2.24, 2.45) is 5.73 Å². The summed E-state index contributed by atoms with van der Waals surface area (Å²) in [4.78, 5) is 14.9. The van der Waals surface area contributed by atoms with E-state index >= 15 is 0 Å². The van der Waals surface area contributed by atoms with E-state index in [-0.39, 0.29) is 11.9 Å². The molecule has 3 nitrogen and oxygen atoms in total. The third kappa shape index (κ3) is 3.80. The zero-order valence-corrected chi connectivity index (χ0v) is 12.7. The molecule has 1 aromatic rings. The van der Waals surface area contributed by atoms with Gasteiger partial charge in [0.15, 0.2) is 0 Å². The number of aryl methyl sites for hydroxylation is 1. The van der Waals surface area contributed by atoms with Gasteiger partial charge in [0.25, 0.3) is 0 Å². The predicted molar refractivity (Wildman–Crippen MR) is 80.4 cm³/mol. The van der Waals surface area contributed by atoms with Crippen molar-refractivity contribution in [2.75, 3.05) is 0 Å².